The molecular weight excluding hydrogens is 341 g/mol. The van der Waals surface area contributed by atoms with Crippen LogP contribution < -0.4 is 5.46 Å². The first-order chi connectivity index (χ1) is 12.6. The van der Waals surface area contributed by atoms with Gasteiger partial charge in [0.1, 0.15) is 0 Å². The molecule has 3 aliphatic heterocycles. The Hall–Kier alpha value is -0.915. The number of piperidine rings is 1. The smallest absolute Gasteiger partial charge is 0.399 e. The second-order valence-corrected chi connectivity index (χ2v) is 9.65. The first-order valence-electron chi connectivity index (χ1n) is 10.1. The number of hydrogen-bond donors (Lipinski definition) is 1. The summed E-state index contributed by atoms with van der Waals surface area (Å²) >= 11 is 0. The zero-order chi connectivity index (χ0) is 19.4. The van der Waals surface area contributed by atoms with E-state index in [2.05, 4.69) is 63.9 Å². The molecule has 3 aliphatic rings. The van der Waals surface area contributed by atoms with Crippen molar-refractivity contribution in [2.75, 3.05) is 20.3 Å². The molecule has 148 valence electrons. The summed E-state index contributed by atoms with van der Waals surface area (Å²) in [6.07, 6.45) is 2.20. The van der Waals surface area contributed by atoms with Gasteiger partial charge in [0.25, 0.3) is 0 Å². The Labute approximate surface area is 163 Å². The lowest BCUT2D eigenvalue weighted by atomic mass is 9.76. The van der Waals surface area contributed by atoms with E-state index in [0.29, 0.717) is 18.5 Å². The fourth-order valence-electron chi connectivity index (χ4n) is 4.54. The zero-order valence-electron chi connectivity index (χ0n) is 17.2. The maximum atomic E-state index is 11.2. The predicted octanol–water partition coefficient (Wildman–Crippen LogP) is 1.75. The highest BCUT2D eigenvalue weighted by molar-refractivity contribution is 6.62. The van der Waals surface area contributed by atoms with E-state index in [0.717, 1.165) is 37.1 Å². The van der Waals surface area contributed by atoms with E-state index in [1.165, 1.54) is 0 Å². The lowest BCUT2D eigenvalue weighted by molar-refractivity contribution is -0.133. The molecule has 1 aromatic carbocycles. The van der Waals surface area contributed by atoms with Crippen LogP contribution in [0.3, 0.4) is 0 Å². The first-order valence-corrected chi connectivity index (χ1v) is 10.1. The fourth-order valence-corrected chi connectivity index (χ4v) is 4.54. The van der Waals surface area contributed by atoms with E-state index in [4.69, 9.17) is 14.0 Å². The van der Waals surface area contributed by atoms with Crippen LogP contribution in [0, 0.1) is 0 Å². The summed E-state index contributed by atoms with van der Waals surface area (Å²) in [5.41, 5.74) is 0.857. The van der Waals surface area contributed by atoms with Crippen LogP contribution in [0.1, 0.15) is 46.1 Å². The van der Waals surface area contributed by atoms with E-state index < -0.39 is 5.60 Å². The molecule has 0 amide bonds. The van der Waals surface area contributed by atoms with Gasteiger partial charge in [-0.05, 0) is 58.6 Å². The maximum Gasteiger partial charge on any atom is 0.494 e. The third-order valence-corrected chi connectivity index (χ3v) is 7.04. The second kappa shape index (κ2) is 6.56. The van der Waals surface area contributed by atoms with Crippen LogP contribution in [-0.2, 0) is 20.5 Å². The monoisotopic (exact) mass is 373 g/mol. The third kappa shape index (κ3) is 3.58. The minimum Gasteiger partial charge on any atom is -0.399 e. The van der Waals surface area contributed by atoms with Gasteiger partial charge in [-0.15, -0.1) is 0 Å². The van der Waals surface area contributed by atoms with Crippen molar-refractivity contribution in [2.24, 2.45) is 0 Å². The Bertz CT molecular complexity index is 660. The van der Waals surface area contributed by atoms with Crippen LogP contribution >= 0.6 is 0 Å². The molecule has 3 fully saturated rings. The Morgan fingerprint density at radius 3 is 2.04 bits per heavy atom. The molecule has 2 bridgehead atoms. The Balaban J connectivity index is 1.44. The van der Waals surface area contributed by atoms with Crippen LogP contribution in [0.2, 0.25) is 0 Å². The number of nitrogens with zero attached hydrogens (tertiary/aromatic N) is 1. The number of rotatable bonds is 3. The van der Waals surface area contributed by atoms with Gasteiger partial charge in [0, 0.05) is 18.5 Å². The number of benzene rings is 1. The van der Waals surface area contributed by atoms with Crippen LogP contribution in [0.25, 0.3) is 0 Å². The molecule has 2 unspecified atom stereocenters. The van der Waals surface area contributed by atoms with Crippen molar-refractivity contribution in [2.45, 2.75) is 75.8 Å². The highest BCUT2D eigenvalue weighted by Gasteiger charge is 2.51. The molecule has 3 heterocycles. The summed E-state index contributed by atoms with van der Waals surface area (Å²) in [6.45, 7) is 9.70. The van der Waals surface area contributed by atoms with Gasteiger partial charge in [-0.2, -0.15) is 0 Å². The fraction of sp³-hybridized carbons (Fsp3) is 0.714. The molecule has 4 rings (SSSR count). The highest BCUT2D eigenvalue weighted by atomic mass is 16.7. The van der Waals surface area contributed by atoms with Crippen LogP contribution in [0.4, 0.5) is 0 Å². The molecule has 0 aliphatic carbocycles. The summed E-state index contributed by atoms with van der Waals surface area (Å²) in [5.74, 6) is 0. The number of ether oxygens (including phenoxy) is 1. The van der Waals surface area contributed by atoms with Crippen molar-refractivity contribution >= 4 is 12.6 Å². The van der Waals surface area contributed by atoms with Crippen molar-refractivity contribution in [3.05, 3.63) is 29.8 Å². The molecule has 1 N–H and O–H groups in total. The number of likely N-dealkylation sites (N-methyl/N-ethyl adjacent to an activating group) is 1. The molecule has 5 nitrogen and oxygen atoms in total. The van der Waals surface area contributed by atoms with Gasteiger partial charge in [-0.1, -0.05) is 24.3 Å². The van der Waals surface area contributed by atoms with Crippen LogP contribution in [0.15, 0.2) is 24.3 Å². The van der Waals surface area contributed by atoms with Gasteiger partial charge in [0.05, 0.1) is 30.0 Å². The van der Waals surface area contributed by atoms with Crippen molar-refractivity contribution < 1.29 is 19.2 Å². The molecular formula is C21H32BNO4. The second-order valence-electron chi connectivity index (χ2n) is 9.65. The van der Waals surface area contributed by atoms with Crippen molar-refractivity contribution in [3.8, 4) is 0 Å². The molecule has 27 heavy (non-hydrogen) atoms. The molecule has 0 saturated carbocycles. The van der Waals surface area contributed by atoms with Crippen molar-refractivity contribution in [3.63, 3.8) is 0 Å². The minimum absolute atomic E-state index is 0.312. The standard InChI is InChI=1S/C21H32BNO4/c1-19(2)20(3,4)27-22(26-19)16-8-6-15(7-9-16)10-21(24)11-17-13-25-14-18(12-21)23(17)5/h6-9,17-18,24H,10-14H2,1-5H3. The number of hydrogen-bond acceptors (Lipinski definition) is 5. The molecule has 0 aromatic heterocycles. The van der Waals surface area contributed by atoms with E-state index >= 15 is 0 Å². The zero-order valence-corrected chi connectivity index (χ0v) is 17.2. The maximum absolute atomic E-state index is 11.2. The predicted molar refractivity (Wildman–Crippen MR) is 106 cm³/mol. The average molecular weight is 373 g/mol. The van der Waals surface area contributed by atoms with Gasteiger partial charge in [0.2, 0.25) is 0 Å². The van der Waals surface area contributed by atoms with Crippen LogP contribution in [-0.4, -0.2) is 66.3 Å². The number of aliphatic hydroxyl groups is 1. The quantitative estimate of drug-likeness (QED) is 0.819. The number of fused-ring (bicyclic) bond motifs is 2. The van der Waals surface area contributed by atoms with Crippen molar-refractivity contribution in [1.82, 2.24) is 4.90 Å². The van der Waals surface area contributed by atoms with Crippen molar-refractivity contribution in [1.29, 1.82) is 0 Å². The van der Waals surface area contributed by atoms with E-state index in [1.807, 2.05) is 0 Å². The summed E-state index contributed by atoms with van der Waals surface area (Å²) in [4.78, 5) is 2.37. The first kappa shape index (κ1) is 19.4. The molecule has 0 spiro atoms. The Kier molecular flexibility index (Phi) is 4.72. The van der Waals surface area contributed by atoms with E-state index in [1.54, 1.807) is 0 Å². The molecule has 0 radical (unpaired) electrons. The lowest BCUT2D eigenvalue weighted by Crippen LogP contribution is -2.60. The van der Waals surface area contributed by atoms with E-state index in [-0.39, 0.29) is 18.3 Å². The largest absolute Gasteiger partial charge is 0.494 e. The molecule has 2 atom stereocenters. The topological polar surface area (TPSA) is 51.2 Å². The summed E-state index contributed by atoms with van der Waals surface area (Å²) in [7, 11) is 1.81. The van der Waals surface area contributed by atoms with Gasteiger partial charge in [0.15, 0.2) is 0 Å². The Morgan fingerprint density at radius 2 is 1.52 bits per heavy atom. The summed E-state index contributed by atoms with van der Waals surface area (Å²) in [5, 5.41) is 11.2. The minimum atomic E-state index is -0.655. The van der Waals surface area contributed by atoms with Gasteiger partial charge in [-0.3, -0.25) is 4.90 Å². The highest BCUT2D eigenvalue weighted by Crippen LogP contribution is 2.37. The van der Waals surface area contributed by atoms with Gasteiger partial charge >= 0.3 is 7.12 Å². The SMILES string of the molecule is CN1C2COCC1CC(O)(Cc1ccc(B3OC(C)(C)C(C)(C)O3)cc1)C2. The van der Waals surface area contributed by atoms with Crippen LogP contribution in [0.5, 0.6) is 0 Å². The third-order valence-electron chi connectivity index (χ3n) is 7.04. The van der Waals surface area contributed by atoms with Gasteiger partial charge in [-0.25, -0.2) is 0 Å². The molecule has 1 aromatic rings. The average Bonchev–Trinajstić information content (AvgIpc) is 2.78. The normalized spacial score (nSPS) is 35.4. The number of morpholine rings is 1. The van der Waals surface area contributed by atoms with Gasteiger partial charge < -0.3 is 19.2 Å². The summed E-state index contributed by atoms with van der Waals surface area (Å²) in [6, 6.07) is 8.96. The molecule has 6 heteroatoms. The summed E-state index contributed by atoms with van der Waals surface area (Å²) < 4.78 is 17.9. The van der Waals surface area contributed by atoms with E-state index in [9.17, 15) is 5.11 Å². The Morgan fingerprint density at radius 1 is 1.00 bits per heavy atom. The lowest BCUT2D eigenvalue weighted by Gasteiger charge is -2.50. The molecule has 3 saturated heterocycles.